The maximum atomic E-state index is 12.2. The van der Waals surface area contributed by atoms with Gasteiger partial charge in [0.2, 0.25) is 5.75 Å². The molecule has 0 amide bonds. The number of methoxy groups -OCH3 is 3. The molecule has 0 spiro atoms. The Morgan fingerprint density at radius 2 is 1.63 bits per heavy atom. The van der Waals surface area contributed by atoms with Crippen molar-refractivity contribution in [2.45, 2.75) is 20.8 Å². The number of benzene rings is 2. The number of aryl methyl sites for hydroxylation is 1. The van der Waals surface area contributed by atoms with Gasteiger partial charge in [0.1, 0.15) is 17.9 Å². The molecule has 6 heteroatoms. The Morgan fingerprint density at radius 3 is 2.20 bits per heavy atom. The molecule has 0 saturated heterocycles. The number of hydrogen-bond acceptors (Lipinski definition) is 6. The molecule has 1 heterocycles. The van der Waals surface area contributed by atoms with Crippen molar-refractivity contribution in [2.75, 3.05) is 27.9 Å². The molecule has 0 aliphatic carbocycles. The first-order valence-electron chi connectivity index (χ1n) is 9.53. The van der Waals surface area contributed by atoms with Crippen LogP contribution in [0.25, 0.3) is 22.1 Å². The minimum Gasteiger partial charge on any atom is -0.493 e. The maximum Gasteiger partial charge on any atom is 0.336 e. The van der Waals surface area contributed by atoms with Crippen LogP contribution in [0.5, 0.6) is 23.0 Å². The molecule has 0 unspecified atom stereocenters. The van der Waals surface area contributed by atoms with Gasteiger partial charge in [-0.2, -0.15) is 0 Å². The Bertz CT molecular complexity index is 1130. The molecular weight excluding hydrogens is 384 g/mol. The third-order valence-electron chi connectivity index (χ3n) is 4.77. The average molecular weight is 410 g/mol. The molecule has 158 valence electrons. The van der Waals surface area contributed by atoms with Gasteiger partial charge in [-0.25, -0.2) is 4.79 Å². The summed E-state index contributed by atoms with van der Waals surface area (Å²) in [6.07, 6.45) is 1.98. The van der Waals surface area contributed by atoms with Gasteiger partial charge < -0.3 is 23.4 Å². The molecule has 0 radical (unpaired) electrons. The van der Waals surface area contributed by atoms with Gasteiger partial charge >= 0.3 is 5.63 Å². The summed E-state index contributed by atoms with van der Waals surface area (Å²) >= 11 is 0. The van der Waals surface area contributed by atoms with Crippen LogP contribution in [0.1, 0.15) is 19.4 Å². The first kappa shape index (κ1) is 21.3. The van der Waals surface area contributed by atoms with E-state index in [4.69, 9.17) is 23.4 Å². The van der Waals surface area contributed by atoms with Crippen LogP contribution in [0, 0.1) is 6.92 Å². The summed E-state index contributed by atoms with van der Waals surface area (Å²) in [5.41, 5.74) is 3.36. The molecule has 0 fully saturated rings. The third kappa shape index (κ3) is 4.13. The van der Waals surface area contributed by atoms with Gasteiger partial charge in [0, 0.05) is 11.5 Å². The van der Waals surface area contributed by atoms with Crippen LogP contribution in [0.4, 0.5) is 0 Å². The van der Waals surface area contributed by atoms with E-state index in [-0.39, 0.29) is 0 Å². The van der Waals surface area contributed by atoms with Gasteiger partial charge in [-0.3, -0.25) is 0 Å². The summed E-state index contributed by atoms with van der Waals surface area (Å²) in [5.74, 6) is 2.06. The Kier molecular flexibility index (Phi) is 6.35. The Balaban J connectivity index is 2.34. The fourth-order valence-electron chi connectivity index (χ4n) is 3.28. The minimum absolute atomic E-state index is 0.390. The number of hydrogen-bond donors (Lipinski definition) is 0. The molecule has 0 aliphatic heterocycles. The summed E-state index contributed by atoms with van der Waals surface area (Å²) < 4.78 is 28.1. The molecule has 1 aromatic heterocycles. The second kappa shape index (κ2) is 8.95. The number of ether oxygens (including phenoxy) is 4. The molecule has 0 aliphatic rings. The molecule has 0 bridgehead atoms. The van der Waals surface area contributed by atoms with Crippen LogP contribution in [-0.4, -0.2) is 27.9 Å². The van der Waals surface area contributed by atoms with Crippen LogP contribution >= 0.6 is 0 Å². The molecule has 6 nitrogen and oxygen atoms in total. The van der Waals surface area contributed by atoms with E-state index in [0.717, 1.165) is 22.1 Å². The van der Waals surface area contributed by atoms with Crippen molar-refractivity contribution in [3.63, 3.8) is 0 Å². The van der Waals surface area contributed by atoms with Gasteiger partial charge in [0.05, 0.1) is 26.9 Å². The van der Waals surface area contributed by atoms with E-state index in [1.54, 1.807) is 21.3 Å². The third-order valence-corrected chi connectivity index (χ3v) is 4.77. The molecule has 0 saturated carbocycles. The van der Waals surface area contributed by atoms with Crippen molar-refractivity contribution >= 4 is 11.0 Å². The van der Waals surface area contributed by atoms with E-state index in [9.17, 15) is 4.79 Å². The summed E-state index contributed by atoms with van der Waals surface area (Å²) in [7, 11) is 4.66. The highest BCUT2D eigenvalue weighted by Gasteiger charge is 2.20. The Morgan fingerprint density at radius 1 is 0.967 bits per heavy atom. The van der Waals surface area contributed by atoms with Crippen molar-refractivity contribution < 1.29 is 23.4 Å². The molecule has 0 atom stereocenters. The van der Waals surface area contributed by atoms with Gasteiger partial charge in [-0.05, 0) is 62.2 Å². The van der Waals surface area contributed by atoms with E-state index in [2.05, 4.69) is 0 Å². The van der Waals surface area contributed by atoms with Gasteiger partial charge in [-0.15, -0.1) is 0 Å². The lowest BCUT2D eigenvalue weighted by Gasteiger charge is -2.17. The highest BCUT2D eigenvalue weighted by atomic mass is 16.5. The Labute approximate surface area is 175 Å². The first-order valence-corrected chi connectivity index (χ1v) is 9.53. The van der Waals surface area contributed by atoms with Gasteiger partial charge in [-0.1, -0.05) is 5.57 Å². The molecule has 0 N–H and O–H groups in total. The van der Waals surface area contributed by atoms with Gasteiger partial charge in [0.15, 0.2) is 11.5 Å². The predicted octanol–water partition coefficient (Wildman–Crippen LogP) is 5.14. The predicted molar refractivity (Wildman–Crippen MR) is 117 cm³/mol. The van der Waals surface area contributed by atoms with Crippen LogP contribution in [0.3, 0.4) is 0 Å². The Hall–Kier alpha value is -3.41. The van der Waals surface area contributed by atoms with Crippen LogP contribution < -0.4 is 24.6 Å². The number of fused-ring (bicyclic) bond motifs is 1. The second-order valence-electron chi connectivity index (χ2n) is 7.07. The summed E-state index contributed by atoms with van der Waals surface area (Å²) in [4.78, 5) is 12.2. The molecule has 2 aromatic carbocycles. The van der Waals surface area contributed by atoms with E-state index in [0.29, 0.717) is 40.8 Å². The zero-order valence-corrected chi connectivity index (χ0v) is 18.1. The lowest BCUT2D eigenvalue weighted by atomic mass is 9.99. The normalized spacial score (nSPS) is 10.6. The van der Waals surface area contributed by atoms with Crippen LogP contribution in [-0.2, 0) is 0 Å². The van der Waals surface area contributed by atoms with Crippen molar-refractivity contribution in [3.05, 3.63) is 58.0 Å². The van der Waals surface area contributed by atoms with Crippen molar-refractivity contribution in [3.8, 4) is 34.1 Å². The van der Waals surface area contributed by atoms with Crippen molar-refractivity contribution in [1.29, 1.82) is 0 Å². The van der Waals surface area contributed by atoms with Crippen molar-refractivity contribution in [1.82, 2.24) is 0 Å². The highest BCUT2D eigenvalue weighted by Crippen LogP contribution is 2.45. The van der Waals surface area contributed by atoms with E-state index >= 15 is 0 Å². The molecule has 3 rings (SSSR count). The summed E-state index contributed by atoms with van der Waals surface area (Å²) in [6, 6.07) is 8.88. The largest absolute Gasteiger partial charge is 0.493 e. The quantitative estimate of drug-likeness (QED) is 0.397. The second-order valence-corrected chi connectivity index (χ2v) is 7.07. The molecule has 3 aromatic rings. The maximum absolute atomic E-state index is 12.2. The topological polar surface area (TPSA) is 67.1 Å². The first-order chi connectivity index (χ1) is 14.4. The smallest absolute Gasteiger partial charge is 0.336 e. The van der Waals surface area contributed by atoms with Crippen molar-refractivity contribution in [2.24, 2.45) is 0 Å². The number of allylic oxidation sites excluding steroid dienone is 1. The molecule has 30 heavy (non-hydrogen) atoms. The standard InChI is InChI=1S/C24H26O6/c1-14(2)9-10-29-18-8-7-17-15(3)11-21(25)30-23(17)22(18)16-12-19(26-4)24(28-6)20(13-16)27-5/h7-9,11-13H,10H2,1-6H3. The van der Waals surface area contributed by atoms with E-state index in [1.807, 2.05) is 51.1 Å². The monoisotopic (exact) mass is 410 g/mol. The lowest BCUT2D eigenvalue weighted by Crippen LogP contribution is -2.02. The lowest BCUT2D eigenvalue weighted by molar-refractivity contribution is 0.324. The fraction of sp³-hybridized carbons (Fsp3) is 0.292. The highest BCUT2D eigenvalue weighted by molar-refractivity contribution is 5.97. The summed E-state index contributed by atoms with van der Waals surface area (Å²) in [5, 5.41) is 0.827. The zero-order valence-electron chi connectivity index (χ0n) is 18.1. The molecular formula is C24H26O6. The van der Waals surface area contributed by atoms with E-state index in [1.165, 1.54) is 6.07 Å². The van der Waals surface area contributed by atoms with Crippen LogP contribution in [0.15, 0.2) is 51.2 Å². The SMILES string of the molecule is COc1cc(-c2c(OCC=C(C)C)ccc3c(C)cc(=O)oc23)cc(OC)c1OC. The van der Waals surface area contributed by atoms with E-state index < -0.39 is 5.63 Å². The number of rotatable bonds is 7. The van der Waals surface area contributed by atoms with Gasteiger partial charge in [0.25, 0.3) is 0 Å². The average Bonchev–Trinajstić information content (AvgIpc) is 2.71. The summed E-state index contributed by atoms with van der Waals surface area (Å²) in [6.45, 7) is 6.28. The van der Waals surface area contributed by atoms with Crippen LogP contribution in [0.2, 0.25) is 0 Å². The minimum atomic E-state index is -0.421. The zero-order chi connectivity index (χ0) is 21.8. The fourth-order valence-corrected chi connectivity index (χ4v) is 3.28.